The maximum absolute atomic E-state index is 4.35. The molecule has 0 spiro atoms. The van der Waals surface area contributed by atoms with E-state index in [2.05, 4.69) is 21.9 Å². The topological polar surface area (TPSA) is 29.9 Å². The van der Waals surface area contributed by atoms with E-state index in [9.17, 15) is 0 Å². The molecule has 1 unspecified atom stereocenters. The van der Waals surface area contributed by atoms with E-state index in [1.807, 2.05) is 13.4 Å². The Balaban J connectivity index is 2.40. The van der Waals surface area contributed by atoms with Crippen LogP contribution in [-0.4, -0.2) is 16.6 Å². The van der Waals surface area contributed by atoms with Crippen molar-refractivity contribution in [2.24, 2.45) is 7.05 Å². The molecule has 3 nitrogen and oxygen atoms in total. The number of hydrogen-bond donors (Lipinski definition) is 1. The first-order chi connectivity index (χ1) is 5.33. The maximum atomic E-state index is 4.35. The third-order valence-corrected chi connectivity index (χ3v) is 2.44. The molecule has 2 rings (SSSR count). The summed E-state index contributed by atoms with van der Waals surface area (Å²) in [5.74, 6) is 0. The summed E-state index contributed by atoms with van der Waals surface area (Å²) in [7, 11) is 4.05. The molecular formula is C8H13N3. The van der Waals surface area contributed by atoms with Crippen molar-refractivity contribution in [2.75, 3.05) is 7.05 Å². The summed E-state index contributed by atoms with van der Waals surface area (Å²) in [5.41, 5.74) is 2.64. The number of rotatable bonds is 1. The van der Waals surface area contributed by atoms with E-state index in [-0.39, 0.29) is 0 Å². The van der Waals surface area contributed by atoms with Crippen LogP contribution in [0.1, 0.15) is 23.9 Å². The lowest BCUT2D eigenvalue weighted by Gasteiger charge is -2.04. The van der Waals surface area contributed by atoms with Crippen LogP contribution >= 0.6 is 0 Å². The molecule has 0 fully saturated rings. The molecule has 11 heavy (non-hydrogen) atoms. The summed E-state index contributed by atoms with van der Waals surface area (Å²) >= 11 is 0. The van der Waals surface area contributed by atoms with Gasteiger partial charge < -0.3 is 9.88 Å². The molecule has 0 aromatic carbocycles. The average molecular weight is 151 g/mol. The predicted octanol–water partition coefficient (Wildman–Crippen LogP) is 0.627. The minimum atomic E-state index is 0.492. The molecule has 0 bridgehead atoms. The van der Waals surface area contributed by atoms with Gasteiger partial charge in [-0.2, -0.15) is 0 Å². The quantitative estimate of drug-likeness (QED) is 0.638. The molecule has 1 atom stereocenters. The molecule has 0 saturated heterocycles. The molecule has 1 aromatic rings. The second-order valence-electron chi connectivity index (χ2n) is 3.07. The van der Waals surface area contributed by atoms with Crippen LogP contribution < -0.4 is 5.32 Å². The van der Waals surface area contributed by atoms with E-state index in [1.165, 1.54) is 17.8 Å². The Morgan fingerprint density at radius 2 is 2.55 bits per heavy atom. The Bertz CT molecular complexity index is 264. The van der Waals surface area contributed by atoms with Crippen molar-refractivity contribution in [3.8, 4) is 0 Å². The molecule has 0 radical (unpaired) electrons. The number of nitrogens with zero attached hydrogens (tertiary/aromatic N) is 2. The third kappa shape index (κ3) is 0.878. The van der Waals surface area contributed by atoms with E-state index in [4.69, 9.17) is 0 Å². The first-order valence-corrected chi connectivity index (χ1v) is 4.00. The van der Waals surface area contributed by atoms with Gasteiger partial charge in [-0.1, -0.05) is 0 Å². The molecule has 1 aliphatic rings. The SMILES string of the molecule is CNC1CCc2c1ncn2C. The van der Waals surface area contributed by atoms with Crippen molar-refractivity contribution in [3.05, 3.63) is 17.7 Å². The van der Waals surface area contributed by atoms with Crippen LogP contribution in [0.5, 0.6) is 0 Å². The van der Waals surface area contributed by atoms with Crippen molar-refractivity contribution in [2.45, 2.75) is 18.9 Å². The van der Waals surface area contributed by atoms with Gasteiger partial charge in [-0.3, -0.25) is 0 Å². The van der Waals surface area contributed by atoms with Crippen molar-refractivity contribution in [1.29, 1.82) is 0 Å². The lowest BCUT2D eigenvalue weighted by Crippen LogP contribution is -2.13. The van der Waals surface area contributed by atoms with Crippen LogP contribution in [-0.2, 0) is 13.5 Å². The molecule has 1 aromatic heterocycles. The Hall–Kier alpha value is -0.830. The van der Waals surface area contributed by atoms with Gasteiger partial charge in [0.2, 0.25) is 0 Å². The summed E-state index contributed by atoms with van der Waals surface area (Å²) in [6.07, 6.45) is 4.26. The number of fused-ring (bicyclic) bond motifs is 1. The Kier molecular flexibility index (Phi) is 1.46. The summed E-state index contributed by atoms with van der Waals surface area (Å²) in [4.78, 5) is 4.35. The molecular weight excluding hydrogens is 138 g/mol. The van der Waals surface area contributed by atoms with Gasteiger partial charge in [0.05, 0.1) is 18.1 Å². The van der Waals surface area contributed by atoms with Crippen molar-refractivity contribution >= 4 is 0 Å². The fourth-order valence-corrected chi connectivity index (χ4v) is 1.77. The average Bonchev–Trinajstić information content (AvgIpc) is 2.53. The fourth-order valence-electron chi connectivity index (χ4n) is 1.77. The van der Waals surface area contributed by atoms with Gasteiger partial charge in [-0.15, -0.1) is 0 Å². The highest BCUT2D eigenvalue weighted by Crippen LogP contribution is 2.28. The summed E-state index contributed by atoms with van der Waals surface area (Å²) in [6, 6.07) is 0.492. The van der Waals surface area contributed by atoms with E-state index >= 15 is 0 Å². The molecule has 1 aliphatic carbocycles. The fraction of sp³-hybridized carbons (Fsp3) is 0.625. The minimum absolute atomic E-state index is 0.492. The van der Waals surface area contributed by atoms with Gasteiger partial charge >= 0.3 is 0 Å². The third-order valence-electron chi connectivity index (χ3n) is 2.44. The van der Waals surface area contributed by atoms with Crippen LogP contribution in [0.25, 0.3) is 0 Å². The van der Waals surface area contributed by atoms with Crippen LogP contribution in [0.15, 0.2) is 6.33 Å². The van der Waals surface area contributed by atoms with Crippen molar-refractivity contribution in [1.82, 2.24) is 14.9 Å². The Labute approximate surface area is 66.4 Å². The Morgan fingerprint density at radius 1 is 1.73 bits per heavy atom. The van der Waals surface area contributed by atoms with Gasteiger partial charge in [0.25, 0.3) is 0 Å². The zero-order valence-corrected chi connectivity index (χ0v) is 6.96. The first-order valence-electron chi connectivity index (χ1n) is 4.00. The number of imidazole rings is 1. The van der Waals surface area contributed by atoms with Gasteiger partial charge in [-0.05, 0) is 19.9 Å². The predicted molar refractivity (Wildman–Crippen MR) is 43.3 cm³/mol. The van der Waals surface area contributed by atoms with E-state index in [0.29, 0.717) is 6.04 Å². The molecule has 0 amide bonds. The van der Waals surface area contributed by atoms with E-state index < -0.39 is 0 Å². The van der Waals surface area contributed by atoms with Crippen LogP contribution in [0.2, 0.25) is 0 Å². The molecule has 3 heteroatoms. The smallest absolute Gasteiger partial charge is 0.0949 e. The molecule has 1 heterocycles. The maximum Gasteiger partial charge on any atom is 0.0949 e. The number of nitrogens with one attached hydrogen (secondary N) is 1. The van der Waals surface area contributed by atoms with Gasteiger partial charge in [0.15, 0.2) is 0 Å². The van der Waals surface area contributed by atoms with Gasteiger partial charge in [0, 0.05) is 12.7 Å². The monoisotopic (exact) mass is 151 g/mol. The summed E-state index contributed by atoms with van der Waals surface area (Å²) in [6.45, 7) is 0. The van der Waals surface area contributed by atoms with Crippen molar-refractivity contribution in [3.63, 3.8) is 0 Å². The molecule has 0 aliphatic heterocycles. The first kappa shape index (κ1) is 6.85. The number of aryl methyl sites for hydroxylation is 1. The number of hydrogen-bond acceptors (Lipinski definition) is 2. The van der Waals surface area contributed by atoms with Gasteiger partial charge in [-0.25, -0.2) is 4.98 Å². The van der Waals surface area contributed by atoms with Crippen LogP contribution in [0, 0.1) is 0 Å². The molecule has 60 valence electrons. The summed E-state index contributed by atoms with van der Waals surface area (Å²) in [5, 5.41) is 3.26. The zero-order valence-electron chi connectivity index (χ0n) is 6.96. The van der Waals surface area contributed by atoms with Crippen molar-refractivity contribution < 1.29 is 0 Å². The normalized spacial score (nSPS) is 22.2. The zero-order chi connectivity index (χ0) is 7.84. The minimum Gasteiger partial charge on any atom is -0.337 e. The highest BCUT2D eigenvalue weighted by atomic mass is 15.1. The standard InChI is InChI=1S/C8H13N3/c1-9-6-3-4-7-8(6)10-5-11(7)2/h5-6,9H,3-4H2,1-2H3. The number of aromatic nitrogens is 2. The Morgan fingerprint density at radius 3 is 3.27 bits per heavy atom. The molecule has 1 N–H and O–H groups in total. The molecule has 0 saturated carbocycles. The lowest BCUT2D eigenvalue weighted by atomic mass is 10.2. The van der Waals surface area contributed by atoms with Crippen LogP contribution in [0.4, 0.5) is 0 Å². The summed E-state index contributed by atoms with van der Waals surface area (Å²) < 4.78 is 2.12. The second kappa shape index (κ2) is 2.34. The highest BCUT2D eigenvalue weighted by Gasteiger charge is 2.24. The van der Waals surface area contributed by atoms with E-state index in [1.54, 1.807) is 0 Å². The lowest BCUT2D eigenvalue weighted by molar-refractivity contribution is 0.575. The van der Waals surface area contributed by atoms with Crippen LogP contribution in [0.3, 0.4) is 0 Å². The van der Waals surface area contributed by atoms with Gasteiger partial charge in [0.1, 0.15) is 0 Å². The highest BCUT2D eigenvalue weighted by molar-refractivity contribution is 5.22. The van der Waals surface area contributed by atoms with E-state index in [0.717, 1.165) is 6.42 Å². The largest absolute Gasteiger partial charge is 0.337 e. The second-order valence-corrected chi connectivity index (χ2v) is 3.07.